The first-order valence-electron chi connectivity index (χ1n) is 6.07. The molecule has 1 aromatic carbocycles. The van der Waals surface area contributed by atoms with Crippen LogP contribution in [0.1, 0.15) is 11.3 Å². The quantitative estimate of drug-likeness (QED) is 0.858. The van der Waals surface area contributed by atoms with Gasteiger partial charge in [-0.2, -0.15) is 0 Å². The number of hydrogen-bond donors (Lipinski definition) is 1. The van der Waals surface area contributed by atoms with Gasteiger partial charge in [0.1, 0.15) is 5.75 Å². The Morgan fingerprint density at radius 2 is 2.20 bits per heavy atom. The predicted octanol–water partition coefficient (Wildman–Crippen LogP) is 2.67. The van der Waals surface area contributed by atoms with Crippen LogP contribution in [0, 0.1) is 13.8 Å². The van der Waals surface area contributed by atoms with Gasteiger partial charge in [-0.1, -0.05) is 11.8 Å². The lowest BCUT2D eigenvalue weighted by Crippen LogP contribution is -2.02. The number of aryl methyl sites for hydroxylation is 2. The summed E-state index contributed by atoms with van der Waals surface area (Å²) in [5.74, 6) is -0.0671. The van der Waals surface area contributed by atoms with E-state index in [1.165, 1.54) is 11.8 Å². The van der Waals surface area contributed by atoms with Gasteiger partial charge in [-0.25, -0.2) is 4.98 Å². The molecular weight excluding hydrogens is 276 g/mol. The molecule has 6 heteroatoms. The number of rotatable bonds is 5. The van der Waals surface area contributed by atoms with Gasteiger partial charge in [0.2, 0.25) is 0 Å². The molecule has 0 spiro atoms. The average Bonchev–Trinajstić information content (AvgIpc) is 2.77. The second-order valence-electron chi connectivity index (χ2n) is 4.37. The highest BCUT2D eigenvalue weighted by atomic mass is 32.2. The first-order valence-corrected chi connectivity index (χ1v) is 7.05. The maximum Gasteiger partial charge on any atom is 0.313 e. The zero-order valence-corrected chi connectivity index (χ0v) is 12.4. The van der Waals surface area contributed by atoms with Gasteiger partial charge in [-0.05, 0) is 37.6 Å². The number of imidazole rings is 1. The van der Waals surface area contributed by atoms with E-state index >= 15 is 0 Å². The Morgan fingerprint density at radius 1 is 1.45 bits per heavy atom. The van der Waals surface area contributed by atoms with Crippen LogP contribution in [0.4, 0.5) is 0 Å². The Labute approximate surface area is 121 Å². The molecule has 0 aliphatic heterocycles. The molecule has 1 aromatic heterocycles. The van der Waals surface area contributed by atoms with E-state index in [-0.39, 0.29) is 5.75 Å². The minimum Gasteiger partial charge on any atom is -0.497 e. The third-order valence-corrected chi connectivity index (χ3v) is 3.72. The summed E-state index contributed by atoms with van der Waals surface area (Å²) in [4.78, 5) is 15.1. The van der Waals surface area contributed by atoms with E-state index in [0.29, 0.717) is 5.16 Å². The summed E-state index contributed by atoms with van der Waals surface area (Å²) in [6.45, 7) is 3.87. The molecule has 1 N–H and O–H groups in total. The van der Waals surface area contributed by atoms with Crippen molar-refractivity contribution in [3.05, 3.63) is 35.7 Å². The number of aliphatic carboxylic acids is 1. The molecular formula is C14H16N2O3S. The molecule has 0 bridgehead atoms. The van der Waals surface area contributed by atoms with Crippen molar-refractivity contribution >= 4 is 17.7 Å². The number of aromatic nitrogens is 2. The highest BCUT2D eigenvalue weighted by Crippen LogP contribution is 2.26. The van der Waals surface area contributed by atoms with E-state index in [1.807, 2.05) is 42.8 Å². The SMILES string of the molecule is COc1ccc(-n2cc(C)nc2SCC(=O)O)c(C)c1. The molecule has 0 amide bonds. The van der Waals surface area contributed by atoms with Gasteiger partial charge in [0.15, 0.2) is 5.16 Å². The Bertz CT molecular complexity index is 637. The zero-order chi connectivity index (χ0) is 14.7. The Kier molecular flexibility index (Phi) is 4.34. The largest absolute Gasteiger partial charge is 0.497 e. The molecule has 0 fully saturated rings. The molecule has 106 valence electrons. The third-order valence-electron chi connectivity index (χ3n) is 2.78. The Balaban J connectivity index is 2.39. The van der Waals surface area contributed by atoms with Crippen molar-refractivity contribution in [2.45, 2.75) is 19.0 Å². The number of methoxy groups -OCH3 is 1. The lowest BCUT2D eigenvalue weighted by molar-refractivity contribution is -0.133. The minimum atomic E-state index is -0.853. The summed E-state index contributed by atoms with van der Waals surface area (Å²) in [6, 6.07) is 5.76. The van der Waals surface area contributed by atoms with Crippen LogP contribution < -0.4 is 4.74 Å². The molecule has 0 saturated carbocycles. The maximum atomic E-state index is 10.7. The first kappa shape index (κ1) is 14.5. The summed E-state index contributed by atoms with van der Waals surface area (Å²) >= 11 is 1.21. The normalized spacial score (nSPS) is 10.6. The molecule has 0 aliphatic carbocycles. The summed E-state index contributed by atoms with van der Waals surface area (Å²) < 4.78 is 7.11. The van der Waals surface area contributed by atoms with Crippen LogP contribution >= 0.6 is 11.8 Å². The maximum absolute atomic E-state index is 10.7. The highest BCUT2D eigenvalue weighted by molar-refractivity contribution is 7.99. The predicted molar refractivity (Wildman–Crippen MR) is 77.9 cm³/mol. The fourth-order valence-corrected chi connectivity index (χ4v) is 2.65. The number of benzene rings is 1. The number of ether oxygens (including phenoxy) is 1. The van der Waals surface area contributed by atoms with Crippen LogP contribution in [0.25, 0.3) is 5.69 Å². The zero-order valence-electron chi connectivity index (χ0n) is 11.6. The molecule has 0 saturated heterocycles. The van der Waals surface area contributed by atoms with E-state index in [1.54, 1.807) is 7.11 Å². The van der Waals surface area contributed by atoms with Crippen molar-refractivity contribution in [2.24, 2.45) is 0 Å². The smallest absolute Gasteiger partial charge is 0.313 e. The molecule has 2 rings (SSSR count). The van der Waals surface area contributed by atoms with Crippen LogP contribution in [0.2, 0.25) is 0 Å². The van der Waals surface area contributed by atoms with Gasteiger partial charge in [0.25, 0.3) is 0 Å². The topological polar surface area (TPSA) is 64.4 Å². The fraction of sp³-hybridized carbons (Fsp3) is 0.286. The van der Waals surface area contributed by atoms with Gasteiger partial charge >= 0.3 is 5.97 Å². The van der Waals surface area contributed by atoms with E-state index < -0.39 is 5.97 Å². The van der Waals surface area contributed by atoms with E-state index in [9.17, 15) is 4.79 Å². The van der Waals surface area contributed by atoms with Crippen molar-refractivity contribution in [3.63, 3.8) is 0 Å². The number of hydrogen-bond acceptors (Lipinski definition) is 4. The van der Waals surface area contributed by atoms with Crippen LogP contribution in [0.5, 0.6) is 5.75 Å². The highest BCUT2D eigenvalue weighted by Gasteiger charge is 2.12. The number of carboxylic acids is 1. The van der Waals surface area contributed by atoms with Crippen molar-refractivity contribution in [1.82, 2.24) is 9.55 Å². The molecule has 0 aliphatic rings. The van der Waals surface area contributed by atoms with Crippen LogP contribution in [-0.4, -0.2) is 33.5 Å². The molecule has 0 atom stereocenters. The van der Waals surface area contributed by atoms with Crippen molar-refractivity contribution in [3.8, 4) is 11.4 Å². The third kappa shape index (κ3) is 3.14. The number of carbonyl (C=O) groups is 1. The fourth-order valence-electron chi connectivity index (χ4n) is 1.90. The lowest BCUT2D eigenvalue weighted by atomic mass is 10.2. The molecule has 5 nitrogen and oxygen atoms in total. The van der Waals surface area contributed by atoms with Gasteiger partial charge in [-0.15, -0.1) is 0 Å². The summed E-state index contributed by atoms with van der Waals surface area (Å²) in [7, 11) is 1.63. The average molecular weight is 292 g/mol. The summed E-state index contributed by atoms with van der Waals surface area (Å²) in [6.07, 6.45) is 1.90. The molecule has 0 unspecified atom stereocenters. The summed E-state index contributed by atoms with van der Waals surface area (Å²) in [5.41, 5.74) is 2.87. The molecule has 20 heavy (non-hydrogen) atoms. The van der Waals surface area contributed by atoms with Crippen LogP contribution in [-0.2, 0) is 4.79 Å². The molecule has 1 heterocycles. The second kappa shape index (κ2) is 6.00. The van der Waals surface area contributed by atoms with E-state index in [4.69, 9.17) is 9.84 Å². The van der Waals surface area contributed by atoms with E-state index in [2.05, 4.69) is 4.98 Å². The number of carboxylic acid groups (broad SMARTS) is 1. The van der Waals surface area contributed by atoms with Crippen molar-refractivity contribution in [2.75, 3.05) is 12.9 Å². The Morgan fingerprint density at radius 3 is 2.80 bits per heavy atom. The lowest BCUT2D eigenvalue weighted by Gasteiger charge is -2.11. The van der Waals surface area contributed by atoms with Crippen molar-refractivity contribution < 1.29 is 14.6 Å². The Hall–Kier alpha value is -1.95. The van der Waals surface area contributed by atoms with E-state index in [0.717, 1.165) is 22.7 Å². The molecule has 2 aromatic rings. The van der Waals surface area contributed by atoms with Gasteiger partial charge in [0, 0.05) is 6.20 Å². The summed E-state index contributed by atoms with van der Waals surface area (Å²) in [5, 5.41) is 9.47. The van der Waals surface area contributed by atoms with Gasteiger partial charge < -0.3 is 9.84 Å². The van der Waals surface area contributed by atoms with Gasteiger partial charge in [0.05, 0.1) is 24.2 Å². The second-order valence-corrected chi connectivity index (χ2v) is 5.31. The first-order chi connectivity index (χ1) is 9.51. The monoisotopic (exact) mass is 292 g/mol. The standard InChI is InChI=1S/C14H16N2O3S/c1-9-6-11(19-3)4-5-12(9)16-7-10(2)15-14(16)20-8-13(17)18/h4-7H,8H2,1-3H3,(H,17,18). The van der Waals surface area contributed by atoms with Crippen LogP contribution in [0.15, 0.2) is 29.6 Å². The number of nitrogens with zero attached hydrogens (tertiary/aromatic N) is 2. The number of thioether (sulfide) groups is 1. The molecule has 0 radical (unpaired) electrons. The van der Waals surface area contributed by atoms with Gasteiger partial charge in [-0.3, -0.25) is 9.36 Å². The minimum absolute atomic E-state index is 0.00828. The van der Waals surface area contributed by atoms with Crippen molar-refractivity contribution in [1.29, 1.82) is 0 Å². The van der Waals surface area contributed by atoms with Crippen LogP contribution in [0.3, 0.4) is 0 Å².